The summed E-state index contributed by atoms with van der Waals surface area (Å²) in [4.78, 5) is 4.06. The van der Waals surface area contributed by atoms with Crippen molar-refractivity contribution in [2.24, 2.45) is 10.4 Å². The molecule has 13 heavy (non-hydrogen) atoms. The molecule has 0 aromatic carbocycles. The predicted molar refractivity (Wildman–Crippen MR) is 58.9 cm³/mol. The summed E-state index contributed by atoms with van der Waals surface area (Å²) in [6.07, 6.45) is 5.17. The quantitative estimate of drug-likeness (QED) is 0.541. The van der Waals surface area contributed by atoms with Gasteiger partial charge in [0.25, 0.3) is 0 Å². The molecule has 0 aromatic heterocycles. The number of hydrogen-bond acceptors (Lipinski definition) is 1. The van der Waals surface area contributed by atoms with Crippen molar-refractivity contribution in [2.75, 3.05) is 0 Å². The summed E-state index contributed by atoms with van der Waals surface area (Å²) in [5, 5.41) is 0. The van der Waals surface area contributed by atoms with E-state index in [0.29, 0.717) is 0 Å². The fourth-order valence-corrected chi connectivity index (χ4v) is 1.49. The lowest BCUT2D eigenvalue weighted by Gasteiger charge is -2.25. The van der Waals surface area contributed by atoms with Gasteiger partial charge in [-0.3, -0.25) is 4.99 Å². The minimum absolute atomic E-state index is 0.121. The van der Waals surface area contributed by atoms with Crippen LogP contribution in [0.15, 0.2) is 40.6 Å². The molecule has 0 unspecified atom stereocenters. The average Bonchev–Trinajstić information content (AvgIpc) is 2.02. The lowest BCUT2D eigenvalue weighted by molar-refractivity contribution is 0.510. The first kappa shape index (κ1) is 9.97. The van der Waals surface area contributed by atoms with E-state index < -0.39 is 0 Å². The van der Waals surface area contributed by atoms with Gasteiger partial charge >= 0.3 is 0 Å². The molecule has 0 radical (unpaired) electrons. The summed E-state index contributed by atoms with van der Waals surface area (Å²) >= 11 is 0. The van der Waals surface area contributed by atoms with Gasteiger partial charge in [-0.15, -0.1) is 0 Å². The lowest BCUT2D eigenvalue weighted by atomic mass is 9.81. The summed E-state index contributed by atoms with van der Waals surface area (Å²) in [5.41, 5.74) is 3.41. The van der Waals surface area contributed by atoms with Crippen molar-refractivity contribution in [1.29, 1.82) is 0 Å². The summed E-state index contributed by atoms with van der Waals surface area (Å²) in [6.45, 7) is 14.1. The molecule has 0 saturated carbocycles. The molecule has 0 saturated heterocycles. The second-order valence-corrected chi connectivity index (χ2v) is 4.38. The van der Waals surface area contributed by atoms with E-state index in [2.05, 4.69) is 51.2 Å². The highest BCUT2D eigenvalue weighted by Crippen LogP contribution is 2.35. The van der Waals surface area contributed by atoms with Crippen LogP contribution in [-0.2, 0) is 0 Å². The largest absolute Gasteiger partial charge is 0.264 e. The normalized spacial score (nSPS) is 17.9. The first-order valence-corrected chi connectivity index (χ1v) is 4.53. The Morgan fingerprint density at radius 1 is 1.38 bits per heavy atom. The zero-order valence-electron chi connectivity index (χ0n) is 8.72. The Kier molecular flexibility index (Phi) is 2.55. The fraction of sp³-hybridized carbons (Fsp3) is 0.417. The Labute approximate surface area is 80.6 Å². The highest BCUT2D eigenvalue weighted by Gasteiger charge is 2.21. The van der Waals surface area contributed by atoms with Crippen LogP contribution in [0.2, 0.25) is 0 Å². The zero-order chi connectivity index (χ0) is 10.1. The maximum absolute atomic E-state index is 4.06. The van der Waals surface area contributed by atoms with Gasteiger partial charge in [-0.2, -0.15) is 0 Å². The van der Waals surface area contributed by atoms with Crippen molar-refractivity contribution in [3.63, 3.8) is 0 Å². The van der Waals surface area contributed by atoms with E-state index in [0.717, 1.165) is 17.7 Å². The number of rotatable bonds is 1. The molecule has 1 rings (SSSR count). The smallest absolute Gasteiger partial charge is 0.0688 e. The van der Waals surface area contributed by atoms with Crippen molar-refractivity contribution in [3.05, 3.63) is 35.6 Å². The molecule has 0 N–H and O–H groups in total. The molecule has 1 heteroatoms. The third-order valence-corrected chi connectivity index (χ3v) is 2.20. The van der Waals surface area contributed by atoms with Crippen LogP contribution in [0.4, 0.5) is 0 Å². The second kappa shape index (κ2) is 3.33. The van der Waals surface area contributed by atoms with Gasteiger partial charge in [0.1, 0.15) is 0 Å². The van der Waals surface area contributed by atoms with Gasteiger partial charge < -0.3 is 0 Å². The van der Waals surface area contributed by atoms with Crippen molar-refractivity contribution in [1.82, 2.24) is 0 Å². The summed E-state index contributed by atoms with van der Waals surface area (Å²) in [5.74, 6) is 0. The molecule has 0 bridgehead atoms. The molecule has 0 aromatic rings. The molecular weight excluding hydrogens is 158 g/mol. The van der Waals surface area contributed by atoms with Crippen LogP contribution in [0.3, 0.4) is 0 Å². The Morgan fingerprint density at radius 3 is 2.38 bits per heavy atom. The molecule has 0 heterocycles. The number of allylic oxidation sites excluding steroid dienone is 4. The van der Waals surface area contributed by atoms with Gasteiger partial charge in [0.15, 0.2) is 0 Å². The topological polar surface area (TPSA) is 12.4 Å². The standard InChI is InChI=1S/C12H17N/c1-9-7-6-8-10(11(9)13-5)12(2,3)4/h6,8H,1,5,7H2,2-4H3. The van der Waals surface area contributed by atoms with Crippen molar-refractivity contribution < 1.29 is 0 Å². The maximum atomic E-state index is 4.06. The monoisotopic (exact) mass is 175 g/mol. The molecule has 0 spiro atoms. The molecular formula is C12H17N. The van der Waals surface area contributed by atoms with E-state index in [4.69, 9.17) is 0 Å². The average molecular weight is 175 g/mol. The SMILES string of the molecule is C=NC1=C(C(C)(C)C)C=CCC1=C. The van der Waals surface area contributed by atoms with E-state index in [-0.39, 0.29) is 5.41 Å². The molecule has 0 fully saturated rings. The van der Waals surface area contributed by atoms with Crippen molar-refractivity contribution in [2.45, 2.75) is 27.2 Å². The Morgan fingerprint density at radius 2 is 2.00 bits per heavy atom. The van der Waals surface area contributed by atoms with Gasteiger partial charge in [-0.1, -0.05) is 39.5 Å². The minimum atomic E-state index is 0.121. The van der Waals surface area contributed by atoms with Gasteiger partial charge in [-0.05, 0) is 29.7 Å². The minimum Gasteiger partial charge on any atom is -0.264 e. The van der Waals surface area contributed by atoms with Gasteiger partial charge in [-0.25, -0.2) is 0 Å². The highest BCUT2D eigenvalue weighted by molar-refractivity contribution is 5.49. The molecule has 70 valence electrons. The van der Waals surface area contributed by atoms with Gasteiger partial charge in [0.05, 0.1) is 5.70 Å². The Hall–Kier alpha value is -1.11. The third-order valence-electron chi connectivity index (χ3n) is 2.20. The van der Waals surface area contributed by atoms with Crippen molar-refractivity contribution >= 4 is 6.72 Å². The number of nitrogens with zero attached hydrogens (tertiary/aromatic N) is 1. The van der Waals surface area contributed by atoms with E-state index in [1.807, 2.05) is 0 Å². The van der Waals surface area contributed by atoms with Gasteiger partial charge in [0, 0.05) is 0 Å². The second-order valence-electron chi connectivity index (χ2n) is 4.38. The predicted octanol–water partition coefficient (Wildman–Crippen LogP) is 3.50. The van der Waals surface area contributed by atoms with Gasteiger partial charge in [0.2, 0.25) is 0 Å². The summed E-state index contributed by atoms with van der Waals surface area (Å²) in [6, 6.07) is 0. The van der Waals surface area contributed by atoms with Crippen LogP contribution in [0, 0.1) is 5.41 Å². The van der Waals surface area contributed by atoms with E-state index >= 15 is 0 Å². The molecule has 1 aliphatic carbocycles. The van der Waals surface area contributed by atoms with Crippen LogP contribution < -0.4 is 0 Å². The molecule has 1 nitrogen and oxygen atoms in total. The van der Waals surface area contributed by atoms with Crippen molar-refractivity contribution in [3.8, 4) is 0 Å². The van der Waals surface area contributed by atoms with Crippen LogP contribution in [0.25, 0.3) is 0 Å². The van der Waals surface area contributed by atoms with Crippen LogP contribution in [0.5, 0.6) is 0 Å². The fourth-order valence-electron chi connectivity index (χ4n) is 1.49. The Balaban J connectivity index is 3.23. The zero-order valence-corrected chi connectivity index (χ0v) is 8.72. The van der Waals surface area contributed by atoms with Crippen LogP contribution in [-0.4, -0.2) is 6.72 Å². The van der Waals surface area contributed by atoms with E-state index in [1.165, 1.54) is 5.57 Å². The summed E-state index contributed by atoms with van der Waals surface area (Å²) in [7, 11) is 0. The molecule has 0 atom stereocenters. The molecule has 1 aliphatic rings. The number of hydrogen-bond donors (Lipinski definition) is 0. The highest BCUT2D eigenvalue weighted by atomic mass is 14.7. The maximum Gasteiger partial charge on any atom is 0.0688 e. The lowest BCUT2D eigenvalue weighted by Crippen LogP contribution is -2.12. The molecule has 0 aliphatic heterocycles. The van der Waals surface area contributed by atoms with E-state index in [9.17, 15) is 0 Å². The van der Waals surface area contributed by atoms with Crippen LogP contribution in [0.1, 0.15) is 27.2 Å². The van der Waals surface area contributed by atoms with E-state index in [1.54, 1.807) is 0 Å². The first-order valence-electron chi connectivity index (χ1n) is 4.53. The summed E-state index contributed by atoms with van der Waals surface area (Å²) < 4.78 is 0. The number of aliphatic imine (C=N–C) groups is 1. The molecule has 0 amide bonds. The first-order chi connectivity index (χ1) is 5.96. The third kappa shape index (κ3) is 1.97. The van der Waals surface area contributed by atoms with Crippen LogP contribution >= 0.6 is 0 Å². The Bertz CT molecular complexity index is 298.